The van der Waals surface area contributed by atoms with E-state index in [0.717, 1.165) is 58.4 Å². The Morgan fingerprint density at radius 2 is 1.86 bits per heavy atom. The van der Waals surface area contributed by atoms with Crippen molar-refractivity contribution in [2.24, 2.45) is 0 Å². The van der Waals surface area contributed by atoms with E-state index in [1.807, 2.05) is 29.3 Å². The van der Waals surface area contributed by atoms with Crippen LogP contribution in [0.15, 0.2) is 36.5 Å². The number of rotatable bonds is 5. The summed E-state index contributed by atoms with van der Waals surface area (Å²) in [6, 6.07) is 10.8. The standard InChI is InChI=1S/C23H32N4O2/c1-18-17-25-22(20-10-15-29-16-11-20)27(18)21-8-13-26(14-9-21)23(28)24-12-7-19-5-3-2-4-6-19/h2-6,17,20-21H,7-16H2,1H3,(H,24,28). The first-order valence-electron chi connectivity index (χ1n) is 10.9. The van der Waals surface area contributed by atoms with Crippen LogP contribution in [0.4, 0.5) is 4.79 Å². The summed E-state index contributed by atoms with van der Waals surface area (Å²) in [6.45, 7) is 6.09. The number of piperidine rings is 1. The highest BCUT2D eigenvalue weighted by molar-refractivity contribution is 5.74. The molecule has 2 amide bonds. The predicted molar refractivity (Wildman–Crippen MR) is 113 cm³/mol. The van der Waals surface area contributed by atoms with Crippen LogP contribution in [0.25, 0.3) is 0 Å². The average molecular weight is 397 g/mol. The molecule has 0 bridgehead atoms. The van der Waals surface area contributed by atoms with E-state index in [2.05, 4.69) is 28.9 Å². The Labute approximate surface area is 173 Å². The number of amides is 2. The number of hydrogen-bond donors (Lipinski definition) is 1. The van der Waals surface area contributed by atoms with E-state index < -0.39 is 0 Å². The first-order chi connectivity index (χ1) is 14.2. The summed E-state index contributed by atoms with van der Waals surface area (Å²) in [5, 5.41) is 3.08. The van der Waals surface area contributed by atoms with Crippen LogP contribution in [0.5, 0.6) is 0 Å². The molecule has 2 saturated heterocycles. The van der Waals surface area contributed by atoms with Crippen molar-refractivity contribution >= 4 is 6.03 Å². The zero-order valence-corrected chi connectivity index (χ0v) is 17.3. The zero-order valence-electron chi connectivity index (χ0n) is 17.3. The largest absolute Gasteiger partial charge is 0.381 e. The highest BCUT2D eigenvalue weighted by Crippen LogP contribution is 2.32. The summed E-state index contributed by atoms with van der Waals surface area (Å²) in [5.74, 6) is 1.72. The molecule has 0 unspecified atom stereocenters. The van der Waals surface area contributed by atoms with Gasteiger partial charge in [0, 0.05) is 56.7 Å². The van der Waals surface area contributed by atoms with Crippen LogP contribution in [0.3, 0.4) is 0 Å². The number of imidazole rings is 1. The van der Waals surface area contributed by atoms with E-state index in [1.165, 1.54) is 17.1 Å². The Hall–Kier alpha value is -2.34. The van der Waals surface area contributed by atoms with Crippen LogP contribution >= 0.6 is 0 Å². The van der Waals surface area contributed by atoms with Gasteiger partial charge in [-0.3, -0.25) is 0 Å². The lowest BCUT2D eigenvalue weighted by molar-refractivity contribution is 0.0817. The molecule has 2 fully saturated rings. The number of benzene rings is 1. The van der Waals surface area contributed by atoms with Crippen LogP contribution in [0.2, 0.25) is 0 Å². The monoisotopic (exact) mass is 396 g/mol. The molecule has 0 aliphatic carbocycles. The Morgan fingerprint density at radius 3 is 2.59 bits per heavy atom. The van der Waals surface area contributed by atoms with Gasteiger partial charge in [0.2, 0.25) is 0 Å². The Bertz CT molecular complexity index is 790. The van der Waals surface area contributed by atoms with E-state index in [9.17, 15) is 4.79 Å². The van der Waals surface area contributed by atoms with Crippen molar-refractivity contribution in [1.29, 1.82) is 0 Å². The summed E-state index contributed by atoms with van der Waals surface area (Å²) in [5.41, 5.74) is 2.49. The number of ether oxygens (including phenoxy) is 1. The van der Waals surface area contributed by atoms with Crippen molar-refractivity contribution in [2.45, 2.75) is 51.0 Å². The molecule has 0 atom stereocenters. The molecule has 2 aliphatic heterocycles. The van der Waals surface area contributed by atoms with E-state index in [-0.39, 0.29) is 6.03 Å². The molecule has 0 radical (unpaired) electrons. The normalized spacial score (nSPS) is 18.7. The van der Waals surface area contributed by atoms with Gasteiger partial charge in [-0.1, -0.05) is 30.3 Å². The Morgan fingerprint density at radius 1 is 1.14 bits per heavy atom. The van der Waals surface area contributed by atoms with Gasteiger partial charge in [-0.15, -0.1) is 0 Å². The van der Waals surface area contributed by atoms with Gasteiger partial charge in [0.25, 0.3) is 0 Å². The fourth-order valence-corrected chi connectivity index (χ4v) is 4.59. The number of nitrogens with one attached hydrogen (secondary N) is 1. The van der Waals surface area contributed by atoms with E-state index in [4.69, 9.17) is 9.72 Å². The summed E-state index contributed by atoms with van der Waals surface area (Å²) >= 11 is 0. The molecular formula is C23H32N4O2. The molecule has 4 rings (SSSR count). The lowest BCUT2D eigenvalue weighted by atomic mass is 9.97. The van der Waals surface area contributed by atoms with Gasteiger partial charge in [0.1, 0.15) is 5.82 Å². The Kier molecular flexibility index (Phi) is 6.49. The minimum Gasteiger partial charge on any atom is -0.381 e. The number of carbonyl (C=O) groups is 1. The maximum Gasteiger partial charge on any atom is 0.317 e. The van der Waals surface area contributed by atoms with Gasteiger partial charge >= 0.3 is 6.03 Å². The van der Waals surface area contributed by atoms with Crippen molar-refractivity contribution in [3.8, 4) is 0 Å². The average Bonchev–Trinajstić information content (AvgIpc) is 3.16. The molecule has 1 aromatic heterocycles. The molecule has 1 aromatic carbocycles. The van der Waals surface area contributed by atoms with Crippen molar-refractivity contribution in [1.82, 2.24) is 19.8 Å². The van der Waals surface area contributed by atoms with Gasteiger partial charge in [-0.2, -0.15) is 0 Å². The van der Waals surface area contributed by atoms with Crippen LogP contribution < -0.4 is 5.32 Å². The Balaban J connectivity index is 1.29. The summed E-state index contributed by atoms with van der Waals surface area (Å²) in [4.78, 5) is 19.3. The fraction of sp³-hybridized carbons (Fsp3) is 0.565. The molecular weight excluding hydrogens is 364 g/mol. The molecule has 6 heteroatoms. The second-order valence-corrected chi connectivity index (χ2v) is 8.20. The van der Waals surface area contributed by atoms with Crippen LogP contribution in [-0.2, 0) is 11.2 Å². The van der Waals surface area contributed by atoms with Crippen LogP contribution in [0, 0.1) is 6.92 Å². The maximum absolute atomic E-state index is 12.5. The van der Waals surface area contributed by atoms with Crippen LogP contribution in [0.1, 0.15) is 54.7 Å². The van der Waals surface area contributed by atoms with E-state index in [0.29, 0.717) is 18.5 Å². The number of aromatic nitrogens is 2. The molecule has 0 saturated carbocycles. The third-order valence-electron chi connectivity index (χ3n) is 6.25. The topological polar surface area (TPSA) is 59.4 Å². The number of hydrogen-bond acceptors (Lipinski definition) is 3. The smallest absolute Gasteiger partial charge is 0.317 e. The molecule has 1 N–H and O–H groups in total. The van der Waals surface area contributed by atoms with Gasteiger partial charge < -0.3 is 19.5 Å². The first-order valence-corrected chi connectivity index (χ1v) is 10.9. The van der Waals surface area contributed by atoms with Gasteiger partial charge in [0.05, 0.1) is 0 Å². The van der Waals surface area contributed by atoms with Gasteiger partial charge in [-0.05, 0) is 44.6 Å². The number of carbonyl (C=O) groups excluding carboxylic acids is 1. The molecule has 2 aromatic rings. The first kappa shape index (κ1) is 20.0. The zero-order chi connectivity index (χ0) is 20.1. The second kappa shape index (κ2) is 9.44. The third-order valence-corrected chi connectivity index (χ3v) is 6.25. The molecule has 29 heavy (non-hydrogen) atoms. The fourth-order valence-electron chi connectivity index (χ4n) is 4.59. The van der Waals surface area contributed by atoms with E-state index >= 15 is 0 Å². The number of aryl methyl sites for hydroxylation is 1. The second-order valence-electron chi connectivity index (χ2n) is 8.20. The molecule has 0 spiro atoms. The van der Waals surface area contributed by atoms with Crippen molar-refractivity contribution < 1.29 is 9.53 Å². The van der Waals surface area contributed by atoms with Crippen molar-refractivity contribution in [2.75, 3.05) is 32.8 Å². The summed E-state index contributed by atoms with van der Waals surface area (Å²) in [7, 11) is 0. The summed E-state index contributed by atoms with van der Waals surface area (Å²) < 4.78 is 7.97. The molecule has 3 heterocycles. The molecule has 156 valence electrons. The maximum atomic E-state index is 12.5. The lowest BCUT2D eigenvalue weighted by Crippen LogP contribution is -2.45. The third kappa shape index (κ3) is 4.81. The molecule has 2 aliphatic rings. The highest BCUT2D eigenvalue weighted by Gasteiger charge is 2.29. The van der Waals surface area contributed by atoms with Crippen molar-refractivity contribution in [3.05, 3.63) is 53.6 Å². The van der Waals surface area contributed by atoms with Crippen LogP contribution in [-0.4, -0.2) is 53.3 Å². The highest BCUT2D eigenvalue weighted by atomic mass is 16.5. The van der Waals surface area contributed by atoms with Gasteiger partial charge in [-0.25, -0.2) is 9.78 Å². The minimum atomic E-state index is 0.0615. The minimum absolute atomic E-state index is 0.0615. The van der Waals surface area contributed by atoms with Crippen molar-refractivity contribution in [3.63, 3.8) is 0 Å². The molecule has 6 nitrogen and oxygen atoms in total. The van der Waals surface area contributed by atoms with E-state index in [1.54, 1.807) is 0 Å². The van der Waals surface area contributed by atoms with Gasteiger partial charge in [0.15, 0.2) is 0 Å². The number of nitrogens with zero attached hydrogens (tertiary/aromatic N) is 3. The SMILES string of the molecule is Cc1cnc(C2CCOCC2)n1C1CCN(C(=O)NCCc2ccccc2)CC1. The predicted octanol–water partition coefficient (Wildman–Crippen LogP) is 3.67. The lowest BCUT2D eigenvalue weighted by Gasteiger charge is -2.35. The number of urea groups is 1. The number of likely N-dealkylation sites (tertiary alicyclic amines) is 1. The summed E-state index contributed by atoms with van der Waals surface area (Å²) in [6.07, 6.45) is 6.95. The quantitative estimate of drug-likeness (QED) is 0.839.